The van der Waals surface area contributed by atoms with Gasteiger partial charge in [0.15, 0.2) is 9.84 Å². The molecule has 0 bridgehead atoms. The van der Waals surface area contributed by atoms with Gasteiger partial charge in [-0.2, -0.15) is 0 Å². The molecule has 2 rings (SSSR count). The number of benzene rings is 2. The smallest absolute Gasteiger partial charge is 0.288 e. The van der Waals surface area contributed by atoms with Gasteiger partial charge in [-0.05, 0) is 29.8 Å². The van der Waals surface area contributed by atoms with Crippen molar-refractivity contribution in [2.24, 2.45) is 0 Å². The van der Waals surface area contributed by atoms with Crippen LogP contribution in [0.15, 0.2) is 47.4 Å². The third-order valence-electron chi connectivity index (χ3n) is 3.92. The number of rotatable bonds is 6. The summed E-state index contributed by atoms with van der Waals surface area (Å²) >= 11 is 5.91. The molecule has 0 aliphatic heterocycles. The van der Waals surface area contributed by atoms with E-state index in [9.17, 15) is 18.5 Å². The van der Waals surface area contributed by atoms with E-state index in [1.807, 2.05) is 38.1 Å². The van der Waals surface area contributed by atoms with Gasteiger partial charge in [-0.15, -0.1) is 0 Å². The lowest BCUT2D eigenvalue weighted by Gasteiger charge is -2.26. The first-order valence-electron chi connectivity index (χ1n) is 7.49. The Balaban J connectivity index is 2.26. The fraction of sp³-hybridized carbons (Fsp3) is 0.294. The van der Waals surface area contributed by atoms with E-state index in [0.29, 0.717) is 17.3 Å². The van der Waals surface area contributed by atoms with Crippen LogP contribution in [0.2, 0.25) is 5.02 Å². The van der Waals surface area contributed by atoms with Crippen LogP contribution in [-0.2, 0) is 15.3 Å². The SMILES string of the molecule is CC(C)(CNc1ccc([N+](=O)[O-])c(S(C)(=O)=O)c1)c1ccc(Cl)cc1. The fourth-order valence-electron chi connectivity index (χ4n) is 2.40. The van der Waals surface area contributed by atoms with Crippen molar-refractivity contribution in [2.45, 2.75) is 24.2 Å². The summed E-state index contributed by atoms with van der Waals surface area (Å²) in [5.41, 5.74) is 0.894. The lowest BCUT2D eigenvalue weighted by atomic mass is 9.84. The molecule has 0 aromatic heterocycles. The van der Waals surface area contributed by atoms with Gasteiger partial charge in [0, 0.05) is 35.0 Å². The Kier molecular flexibility index (Phi) is 5.39. The van der Waals surface area contributed by atoms with Crippen LogP contribution in [0.1, 0.15) is 19.4 Å². The third kappa shape index (κ3) is 4.70. The number of hydrogen-bond acceptors (Lipinski definition) is 5. The maximum atomic E-state index is 11.8. The molecule has 0 aliphatic carbocycles. The highest BCUT2D eigenvalue weighted by Crippen LogP contribution is 2.29. The first-order chi connectivity index (χ1) is 11.5. The lowest BCUT2D eigenvalue weighted by molar-refractivity contribution is -0.387. The average Bonchev–Trinajstić information content (AvgIpc) is 2.52. The topological polar surface area (TPSA) is 89.3 Å². The Bertz CT molecular complexity index is 893. The molecule has 0 amide bonds. The van der Waals surface area contributed by atoms with Gasteiger partial charge in [-0.25, -0.2) is 8.42 Å². The van der Waals surface area contributed by atoms with E-state index in [-0.39, 0.29) is 10.3 Å². The predicted molar refractivity (Wildman–Crippen MR) is 99.2 cm³/mol. The molecule has 0 saturated heterocycles. The van der Waals surface area contributed by atoms with Crippen molar-refractivity contribution >= 4 is 32.8 Å². The minimum atomic E-state index is -3.71. The van der Waals surface area contributed by atoms with E-state index in [1.54, 1.807) is 0 Å². The summed E-state index contributed by atoms with van der Waals surface area (Å²) in [5.74, 6) is 0. The Labute approximate surface area is 151 Å². The van der Waals surface area contributed by atoms with Crippen LogP contribution in [0, 0.1) is 10.1 Å². The maximum Gasteiger partial charge on any atom is 0.288 e. The average molecular weight is 383 g/mol. The highest BCUT2D eigenvalue weighted by Gasteiger charge is 2.24. The molecule has 0 unspecified atom stereocenters. The Morgan fingerprint density at radius 2 is 1.76 bits per heavy atom. The van der Waals surface area contributed by atoms with Crippen LogP contribution in [0.3, 0.4) is 0 Å². The van der Waals surface area contributed by atoms with Crippen LogP contribution in [-0.4, -0.2) is 26.1 Å². The number of nitro benzene ring substituents is 1. The molecule has 2 aromatic carbocycles. The van der Waals surface area contributed by atoms with Gasteiger partial charge in [-0.3, -0.25) is 10.1 Å². The van der Waals surface area contributed by atoms with Crippen molar-refractivity contribution in [1.29, 1.82) is 0 Å². The van der Waals surface area contributed by atoms with E-state index in [4.69, 9.17) is 11.6 Å². The van der Waals surface area contributed by atoms with E-state index < -0.39 is 20.4 Å². The summed E-state index contributed by atoms with van der Waals surface area (Å²) in [4.78, 5) is 10.0. The van der Waals surface area contributed by atoms with E-state index in [0.717, 1.165) is 11.8 Å². The van der Waals surface area contributed by atoms with Crippen molar-refractivity contribution in [3.8, 4) is 0 Å². The van der Waals surface area contributed by atoms with Crippen molar-refractivity contribution in [1.82, 2.24) is 0 Å². The Morgan fingerprint density at radius 3 is 2.28 bits per heavy atom. The van der Waals surface area contributed by atoms with E-state index >= 15 is 0 Å². The zero-order valence-corrected chi connectivity index (χ0v) is 15.7. The first kappa shape index (κ1) is 19.2. The van der Waals surface area contributed by atoms with Gasteiger partial charge in [-0.1, -0.05) is 37.6 Å². The number of halogens is 1. The zero-order chi connectivity index (χ0) is 18.8. The van der Waals surface area contributed by atoms with Crippen LogP contribution in [0.4, 0.5) is 11.4 Å². The first-order valence-corrected chi connectivity index (χ1v) is 9.76. The molecular weight excluding hydrogens is 364 g/mol. The molecule has 0 heterocycles. The highest BCUT2D eigenvalue weighted by atomic mass is 35.5. The van der Waals surface area contributed by atoms with E-state index in [2.05, 4.69) is 5.32 Å². The molecule has 0 aliphatic rings. The zero-order valence-electron chi connectivity index (χ0n) is 14.1. The van der Waals surface area contributed by atoms with Crippen LogP contribution in [0.5, 0.6) is 0 Å². The van der Waals surface area contributed by atoms with Gasteiger partial charge in [0.2, 0.25) is 0 Å². The van der Waals surface area contributed by atoms with Gasteiger partial charge in [0.05, 0.1) is 4.92 Å². The quantitative estimate of drug-likeness (QED) is 0.601. The van der Waals surface area contributed by atoms with Crippen molar-refractivity contribution < 1.29 is 13.3 Å². The summed E-state index contributed by atoms with van der Waals surface area (Å²) in [6, 6.07) is 11.5. The molecule has 0 spiro atoms. The van der Waals surface area contributed by atoms with Crippen LogP contribution in [0.25, 0.3) is 0 Å². The molecule has 0 saturated carbocycles. The maximum absolute atomic E-state index is 11.8. The highest BCUT2D eigenvalue weighted by molar-refractivity contribution is 7.90. The second kappa shape index (κ2) is 7.01. The van der Waals surface area contributed by atoms with Gasteiger partial charge >= 0.3 is 0 Å². The molecular formula is C17H19ClN2O4S. The van der Waals surface area contributed by atoms with Crippen molar-refractivity contribution in [3.63, 3.8) is 0 Å². The number of nitrogens with one attached hydrogen (secondary N) is 1. The summed E-state index contributed by atoms with van der Waals surface area (Å²) in [7, 11) is -3.71. The molecule has 1 N–H and O–H groups in total. The van der Waals surface area contributed by atoms with Gasteiger partial charge in [0.1, 0.15) is 4.90 Å². The van der Waals surface area contributed by atoms with E-state index in [1.165, 1.54) is 18.2 Å². The number of nitro groups is 1. The lowest BCUT2D eigenvalue weighted by Crippen LogP contribution is -2.27. The van der Waals surface area contributed by atoms with Crippen molar-refractivity contribution in [2.75, 3.05) is 18.1 Å². The van der Waals surface area contributed by atoms with Gasteiger partial charge < -0.3 is 5.32 Å². The Morgan fingerprint density at radius 1 is 1.16 bits per heavy atom. The van der Waals surface area contributed by atoms with Crippen LogP contribution >= 0.6 is 11.6 Å². The number of nitrogens with zero attached hydrogens (tertiary/aromatic N) is 1. The standard InChI is InChI=1S/C17H19ClN2O4S/c1-17(2,12-4-6-13(18)7-5-12)11-19-14-8-9-15(20(21)22)16(10-14)25(3,23)24/h4-10,19H,11H2,1-3H3. The molecule has 6 nitrogen and oxygen atoms in total. The molecule has 134 valence electrons. The predicted octanol–water partition coefficient (Wildman–Crippen LogP) is 4.04. The monoisotopic (exact) mass is 382 g/mol. The summed E-state index contributed by atoms with van der Waals surface area (Å²) in [5, 5.41) is 14.8. The largest absolute Gasteiger partial charge is 0.384 e. The molecule has 25 heavy (non-hydrogen) atoms. The number of sulfone groups is 1. The third-order valence-corrected chi connectivity index (χ3v) is 5.29. The molecule has 8 heteroatoms. The molecule has 0 atom stereocenters. The number of anilines is 1. The second-order valence-corrected chi connectivity index (χ2v) is 8.88. The minimum Gasteiger partial charge on any atom is -0.384 e. The number of hydrogen-bond donors (Lipinski definition) is 1. The molecule has 0 radical (unpaired) electrons. The van der Waals surface area contributed by atoms with Gasteiger partial charge in [0.25, 0.3) is 5.69 Å². The minimum absolute atomic E-state index is 0.252. The molecule has 0 fully saturated rings. The van der Waals surface area contributed by atoms with Crippen LogP contribution < -0.4 is 5.32 Å². The summed E-state index contributed by atoms with van der Waals surface area (Å²) < 4.78 is 23.6. The molecule has 2 aromatic rings. The summed E-state index contributed by atoms with van der Waals surface area (Å²) in [6.45, 7) is 4.58. The second-order valence-electron chi connectivity index (χ2n) is 6.46. The summed E-state index contributed by atoms with van der Waals surface area (Å²) in [6.07, 6.45) is 0.955. The normalized spacial score (nSPS) is 12.0. The Hall–Kier alpha value is -2.12. The fourth-order valence-corrected chi connectivity index (χ4v) is 3.39. The van der Waals surface area contributed by atoms with Crippen molar-refractivity contribution in [3.05, 3.63) is 63.2 Å².